The van der Waals surface area contributed by atoms with E-state index in [1.807, 2.05) is 31.3 Å². The van der Waals surface area contributed by atoms with Gasteiger partial charge in [0.05, 0.1) is 5.56 Å². The van der Waals surface area contributed by atoms with Crippen LogP contribution in [0.4, 0.5) is 5.00 Å². The Morgan fingerprint density at radius 2 is 1.91 bits per heavy atom. The molecule has 6 nitrogen and oxygen atoms in total. The molecule has 2 aliphatic carbocycles. The Kier molecular flexibility index (Phi) is 7.23. The highest BCUT2D eigenvalue weighted by Gasteiger charge is 2.24. The smallest absolute Gasteiger partial charge is 0.251 e. The Labute approximate surface area is 193 Å². The van der Waals surface area contributed by atoms with E-state index in [1.54, 1.807) is 11.3 Å². The molecule has 1 fully saturated rings. The lowest BCUT2D eigenvalue weighted by molar-refractivity contribution is -0.116. The van der Waals surface area contributed by atoms with Crippen LogP contribution < -0.4 is 10.6 Å². The molecule has 4 rings (SSSR count). The molecule has 2 amide bonds. The van der Waals surface area contributed by atoms with Crippen molar-refractivity contribution in [3.8, 4) is 6.07 Å². The molecule has 7 heteroatoms. The summed E-state index contributed by atoms with van der Waals surface area (Å²) in [6, 6.07) is 10.3. The lowest BCUT2D eigenvalue weighted by Gasteiger charge is -2.16. The summed E-state index contributed by atoms with van der Waals surface area (Å²) < 4.78 is 0. The third kappa shape index (κ3) is 5.76. The second-order valence-corrected chi connectivity index (χ2v) is 9.97. The summed E-state index contributed by atoms with van der Waals surface area (Å²) in [4.78, 5) is 28.0. The number of nitriles is 1. The zero-order chi connectivity index (χ0) is 22.5. The highest BCUT2D eigenvalue weighted by atomic mass is 32.1. The van der Waals surface area contributed by atoms with Crippen molar-refractivity contribution in [3.05, 3.63) is 51.4 Å². The highest BCUT2D eigenvalue weighted by Crippen LogP contribution is 2.37. The van der Waals surface area contributed by atoms with Crippen LogP contribution in [0.25, 0.3) is 0 Å². The van der Waals surface area contributed by atoms with Crippen molar-refractivity contribution in [1.82, 2.24) is 10.2 Å². The number of carbonyl (C=O) groups is 2. The number of carbonyl (C=O) groups excluding carboxylic acids is 2. The molecule has 0 radical (unpaired) electrons. The number of hydrogen-bond donors (Lipinski definition) is 2. The van der Waals surface area contributed by atoms with Gasteiger partial charge in [0.15, 0.2) is 0 Å². The minimum absolute atomic E-state index is 0.00769. The molecule has 1 aromatic carbocycles. The van der Waals surface area contributed by atoms with E-state index in [-0.39, 0.29) is 11.8 Å². The fraction of sp³-hybridized carbons (Fsp3) is 0.480. The number of nitrogens with one attached hydrogen (secondary N) is 2. The van der Waals surface area contributed by atoms with Crippen LogP contribution >= 0.6 is 11.3 Å². The normalized spacial score (nSPS) is 15.5. The lowest BCUT2D eigenvalue weighted by Crippen LogP contribution is -2.25. The van der Waals surface area contributed by atoms with E-state index in [4.69, 9.17) is 0 Å². The third-order valence-electron chi connectivity index (χ3n) is 6.09. The number of anilines is 1. The average molecular weight is 451 g/mol. The first-order chi connectivity index (χ1) is 15.5. The van der Waals surface area contributed by atoms with Crippen LogP contribution in [0.15, 0.2) is 24.3 Å². The van der Waals surface area contributed by atoms with Crippen LogP contribution in [0.3, 0.4) is 0 Å². The van der Waals surface area contributed by atoms with Crippen LogP contribution in [0.5, 0.6) is 0 Å². The Morgan fingerprint density at radius 1 is 1.16 bits per heavy atom. The number of benzene rings is 1. The summed E-state index contributed by atoms with van der Waals surface area (Å²) in [5.41, 5.74) is 3.60. The van der Waals surface area contributed by atoms with Crippen molar-refractivity contribution in [2.75, 3.05) is 18.9 Å². The third-order valence-corrected chi connectivity index (χ3v) is 7.30. The molecule has 0 bridgehead atoms. The molecule has 0 atom stereocenters. The predicted molar refractivity (Wildman–Crippen MR) is 127 cm³/mol. The molecule has 1 aromatic heterocycles. The minimum Gasteiger partial charge on any atom is -0.349 e. The predicted octanol–water partition coefficient (Wildman–Crippen LogP) is 4.24. The number of fused-ring (bicyclic) bond motifs is 1. The van der Waals surface area contributed by atoms with Gasteiger partial charge in [-0.1, -0.05) is 18.6 Å². The number of thiophene rings is 1. The summed E-state index contributed by atoms with van der Waals surface area (Å²) in [5, 5.41) is 16.3. The maximum atomic E-state index is 12.5. The van der Waals surface area contributed by atoms with Crippen LogP contribution in [0, 0.1) is 11.3 Å². The fourth-order valence-corrected chi connectivity index (χ4v) is 5.34. The second-order valence-electron chi connectivity index (χ2n) is 8.86. The molecule has 1 heterocycles. The van der Waals surface area contributed by atoms with Crippen LogP contribution in [0.2, 0.25) is 0 Å². The molecule has 32 heavy (non-hydrogen) atoms. The topological polar surface area (TPSA) is 85.2 Å². The molecule has 1 saturated carbocycles. The monoisotopic (exact) mass is 450 g/mol. The van der Waals surface area contributed by atoms with Crippen molar-refractivity contribution < 1.29 is 9.59 Å². The minimum atomic E-state index is -0.0585. The van der Waals surface area contributed by atoms with Gasteiger partial charge in [0.25, 0.3) is 5.91 Å². The highest BCUT2D eigenvalue weighted by molar-refractivity contribution is 7.16. The molecule has 2 aromatic rings. The Balaban J connectivity index is 1.26. The largest absolute Gasteiger partial charge is 0.349 e. The van der Waals surface area contributed by atoms with Gasteiger partial charge in [0.1, 0.15) is 11.1 Å². The van der Waals surface area contributed by atoms with Crippen molar-refractivity contribution in [3.63, 3.8) is 0 Å². The first-order valence-corrected chi connectivity index (χ1v) is 12.3. The molecule has 2 N–H and O–H groups in total. The number of amides is 2. The zero-order valence-electron chi connectivity index (χ0n) is 18.6. The molecule has 0 saturated heterocycles. The van der Waals surface area contributed by atoms with E-state index < -0.39 is 0 Å². The zero-order valence-corrected chi connectivity index (χ0v) is 19.4. The number of nitrogens with zero attached hydrogens (tertiary/aromatic N) is 2. The summed E-state index contributed by atoms with van der Waals surface area (Å²) in [6.45, 7) is 1.32. The van der Waals surface area contributed by atoms with Gasteiger partial charge in [-0.15, -0.1) is 11.3 Å². The van der Waals surface area contributed by atoms with Gasteiger partial charge in [-0.25, -0.2) is 0 Å². The number of rotatable bonds is 8. The maximum absolute atomic E-state index is 12.5. The van der Waals surface area contributed by atoms with E-state index in [0.29, 0.717) is 41.7 Å². The Hall–Kier alpha value is -2.69. The fourth-order valence-electron chi connectivity index (χ4n) is 4.08. The molecule has 0 spiro atoms. The first-order valence-electron chi connectivity index (χ1n) is 11.5. The lowest BCUT2D eigenvalue weighted by atomic mass is 10.1. The van der Waals surface area contributed by atoms with Gasteiger partial charge in [0.2, 0.25) is 5.91 Å². The Bertz CT molecular complexity index is 1020. The van der Waals surface area contributed by atoms with Gasteiger partial charge in [-0.05, 0) is 68.8 Å². The van der Waals surface area contributed by atoms with E-state index in [9.17, 15) is 14.9 Å². The Morgan fingerprint density at radius 3 is 2.62 bits per heavy atom. The average Bonchev–Trinajstić information content (AvgIpc) is 3.57. The van der Waals surface area contributed by atoms with Crippen molar-refractivity contribution in [2.24, 2.45) is 0 Å². The second kappa shape index (κ2) is 10.3. The summed E-state index contributed by atoms with van der Waals surface area (Å²) >= 11 is 1.58. The van der Waals surface area contributed by atoms with Gasteiger partial charge < -0.3 is 15.5 Å². The molecular formula is C25H30N4O2S. The summed E-state index contributed by atoms with van der Waals surface area (Å²) in [5.74, 6) is -0.0662. The van der Waals surface area contributed by atoms with Crippen molar-refractivity contribution >= 4 is 28.2 Å². The quantitative estimate of drug-likeness (QED) is 0.589. The molecular weight excluding hydrogens is 420 g/mol. The summed E-state index contributed by atoms with van der Waals surface area (Å²) in [6.07, 6.45) is 7.94. The van der Waals surface area contributed by atoms with E-state index in [1.165, 1.54) is 11.3 Å². The molecule has 168 valence electrons. The van der Waals surface area contributed by atoms with Gasteiger partial charge in [0, 0.05) is 36.0 Å². The van der Waals surface area contributed by atoms with Crippen molar-refractivity contribution in [2.45, 2.75) is 64.0 Å². The first kappa shape index (κ1) is 22.5. The van der Waals surface area contributed by atoms with Gasteiger partial charge in [-0.2, -0.15) is 5.26 Å². The van der Waals surface area contributed by atoms with Gasteiger partial charge >= 0.3 is 0 Å². The SMILES string of the molecule is CN(CCC(=O)Nc1sc2c(c1C#N)CCCCC2)Cc1ccc(C(=O)NC2CC2)cc1. The van der Waals surface area contributed by atoms with Crippen molar-refractivity contribution in [1.29, 1.82) is 5.26 Å². The van der Waals surface area contributed by atoms with Crippen LogP contribution in [-0.4, -0.2) is 36.3 Å². The summed E-state index contributed by atoms with van der Waals surface area (Å²) in [7, 11) is 1.98. The molecule has 2 aliphatic rings. The molecule has 0 unspecified atom stereocenters. The number of hydrogen-bond acceptors (Lipinski definition) is 5. The molecule has 0 aliphatic heterocycles. The van der Waals surface area contributed by atoms with Crippen LogP contribution in [-0.2, 0) is 24.2 Å². The van der Waals surface area contributed by atoms with E-state index in [0.717, 1.165) is 49.7 Å². The standard InChI is InChI=1S/C25H30N4O2S/c1-29(16-17-7-9-18(10-8-17)24(31)27-19-11-12-19)14-13-23(30)28-25-21(15-26)20-5-3-2-4-6-22(20)32-25/h7-10,19H,2-6,11-14,16H2,1H3,(H,27,31)(H,28,30). The van der Waals surface area contributed by atoms with Gasteiger partial charge in [-0.3, -0.25) is 9.59 Å². The van der Waals surface area contributed by atoms with E-state index in [2.05, 4.69) is 21.6 Å². The maximum Gasteiger partial charge on any atom is 0.251 e. The number of aryl methyl sites for hydroxylation is 1. The van der Waals surface area contributed by atoms with Crippen LogP contribution in [0.1, 0.15) is 70.5 Å². The van der Waals surface area contributed by atoms with E-state index >= 15 is 0 Å².